The molecule has 0 atom stereocenters. The molecule has 2 heterocycles. The largest absolute Gasteiger partial charge is 0.334 e. The third kappa shape index (κ3) is 3.38. The second kappa shape index (κ2) is 5.91. The van der Waals surface area contributed by atoms with Gasteiger partial charge in [0, 0.05) is 44.8 Å². The molecule has 4 heteroatoms. The minimum absolute atomic E-state index is 0.0442. The van der Waals surface area contributed by atoms with Gasteiger partial charge in [0.15, 0.2) is 0 Å². The molecule has 0 unspecified atom stereocenters. The monoisotopic (exact) mass is 241 g/mol. The molecule has 0 saturated carbocycles. The predicted molar refractivity (Wildman–Crippen MR) is 68.4 cm³/mol. The lowest BCUT2D eigenvalue weighted by Gasteiger charge is -2.20. The van der Waals surface area contributed by atoms with E-state index in [0.29, 0.717) is 13.1 Å². The molecule has 0 radical (unpaired) electrons. The molecule has 0 N–H and O–H groups in total. The van der Waals surface area contributed by atoms with Crippen molar-refractivity contribution in [2.24, 2.45) is 0 Å². The first-order chi connectivity index (χ1) is 8.75. The molecule has 2 aromatic rings. The van der Waals surface area contributed by atoms with E-state index in [1.807, 2.05) is 24.3 Å². The first-order valence-corrected chi connectivity index (χ1v) is 5.79. The summed E-state index contributed by atoms with van der Waals surface area (Å²) < 4.78 is 0. The summed E-state index contributed by atoms with van der Waals surface area (Å²) in [4.78, 5) is 21.5. The first-order valence-electron chi connectivity index (χ1n) is 5.79. The van der Waals surface area contributed by atoms with Crippen molar-refractivity contribution in [3.05, 3.63) is 60.2 Å². The van der Waals surface area contributed by atoms with Crippen LogP contribution in [0.15, 0.2) is 49.1 Å². The lowest BCUT2D eigenvalue weighted by atomic mass is 10.2. The number of amides is 1. The quantitative estimate of drug-likeness (QED) is 0.822. The Morgan fingerprint density at radius 2 is 1.56 bits per heavy atom. The number of aromatic nitrogens is 2. The van der Waals surface area contributed by atoms with E-state index in [0.717, 1.165) is 11.1 Å². The van der Waals surface area contributed by atoms with Gasteiger partial charge in [0.1, 0.15) is 0 Å². The van der Waals surface area contributed by atoms with E-state index in [1.165, 1.54) is 0 Å². The van der Waals surface area contributed by atoms with Crippen molar-refractivity contribution in [3.8, 4) is 0 Å². The minimum Gasteiger partial charge on any atom is -0.334 e. The van der Waals surface area contributed by atoms with Gasteiger partial charge in [0.25, 0.3) is 0 Å². The molecule has 0 aliphatic heterocycles. The average Bonchev–Trinajstić information content (AvgIpc) is 2.40. The summed E-state index contributed by atoms with van der Waals surface area (Å²) in [5.41, 5.74) is 2.05. The van der Waals surface area contributed by atoms with Gasteiger partial charge >= 0.3 is 0 Å². The predicted octanol–water partition coefficient (Wildman–Crippen LogP) is 2.03. The Morgan fingerprint density at radius 3 is 1.89 bits per heavy atom. The summed E-state index contributed by atoms with van der Waals surface area (Å²) in [5.74, 6) is 0.0442. The molecular weight excluding hydrogens is 226 g/mol. The lowest BCUT2D eigenvalue weighted by Crippen LogP contribution is -2.27. The van der Waals surface area contributed by atoms with Gasteiger partial charge in [0.05, 0.1) is 0 Å². The maximum absolute atomic E-state index is 11.6. The van der Waals surface area contributed by atoms with Gasteiger partial charge in [-0.1, -0.05) is 12.1 Å². The van der Waals surface area contributed by atoms with E-state index in [1.54, 1.807) is 36.6 Å². The van der Waals surface area contributed by atoms with E-state index in [-0.39, 0.29) is 5.91 Å². The van der Waals surface area contributed by atoms with Crippen LogP contribution in [0.2, 0.25) is 0 Å². The Labute approximate surface area is 106 Å². The Bertz CT molecular complexity index is 457. The van der Waals surface area contributed by atoms with Gasteiger partial charge in [0.2, 0.25) is 5.91 Å². The summed E-state index contributed by atoms with van der Waals surface area (Å²) in [6, 6.07) is 7.67. The Balaban J connectivity index is 2.08. The third-order valence-electron chi connectivity index (χ3n) is 2.64. The number of carbonyl (C=O) groups excluding carboxylic acids is 1. The average molecular weight is 241 g/mol. The standard InChI is InChI=1S/C14H15N3O/c1-12(18)17(10-13-4-2-6-15-8-13)11-14-5-3-7-16-9-14/h2-9H,10-11H2,1H3. The van der Waals surface area contributed by atoms with Crippen LogP contribution >= 0.6 is 0 Å². The maximum Gasteiger partial charge on any atom is 0.220 e. The Kier molecular flexibility index (Phi) is 4.02. The number of rotatable bonds is 4. The fourth-order valence-corrected chi connectivity index (χ4v) is 1.70. The second-order valence-corrected chi connectivity index (χ2v) is 4.10. The van der Waals surface area contributed by atoms with Crippen LogP contribution in [-0.2, 0) is 17.9 Å². The van der Waals surface area contributed by atoms with Gasteiger partial charge in [-0.25, -0.2) is 0 Å². The molecule has 0 bridgehead atoms. The number of hydrogen-bond acceptors (Lipinski definition) is 3. The van der Waals surface area contributed by atoms with Crippen molar-refractivity contribution in [1.82, 2.24) is 14.9 Å². The van der Waals surface area contributed by atoms with Crippen LogP contribution in [0.5, 0.6) is 0 Å². The van der Waals surface area contributed by atoms with Crippen molar-refractivity contribution in [1.29, 1.82) is 0 Å². The molecule has 0 saturated heterocycles. The molecule has 0 fully saturated rings. The maximum atomic E-state index is 11.6. The molecule has 1 amide bonds. The van der Waals surface area contributed by atoms with E-state index >= 15 is 0 Å². The van der Waals surface area contributed by atoms with Crippen molar-refractivity contribution in [2.45, 2.75) is 20.0 Å². The highest BCUT2D eigenvalue weighted by atomic mass is 16.2. The van der Waals surface area contributed by atoms with E-state index in [9.17, 15) is 4.79 Å². The van der Waals surface area contributed by atoms with Crippen LogP contribution < -0.4 is 0 Å². The Morgan fingerprint density at radius 1 is 1.06 bits per heavy atom. The van der Waals surface area contributed by atoms with E-state index in [2.05, 4.69) is 9.97 Å². The minimum atomic E-state index is 0.0442. The van der Waals surface area contributed by atoms with Crippen LogP contribution in [0.25, 0.3) is 0 Å². The number of pyridine rings is 2. The van der Waals surface area contributed by atoms with Crippen LogP contribution in [0.1, 0.15) is 18.1 Å². The SMILES string of the molecule is CC(=O)N(Cc1cccnc1)Cc1cccnc1. The van der Waals surface area contributed by atoms with Gasteiger partial charge in [-0.15, -0.1) is 0 Å². The topological polar surface area (TPSA) is 46.1 Å². The van der Waals surface area contributed by atoms with Gasteiger partial charge < -0.3 is 4.90 Å². The highest BCUT2D eigenvalue weighted by molar-refractivity contribution is 5.73. The van der Waals surface area contributed by atoms with Crippen LogP contribution in [-0.4, -0.2) is 20.8 Å². The fourth-order valence-electron chi connectivity index (χ4n) is 1.70. The molecule has 0 aliphatic rings. The van der Waals surface area contributed by atoms with E-state index < -0.39 is 0 Å². The molecule has 4 nitrogen and oxygen atoms in total. The highest BCUT2D eigenvalue weighted by Gasteiger charge is 2.10. The number of nitrogens with zero attached hydrogens (tertiary/aromatic N) is 3. The highest BCUT2D eigenvalue weighted by Crippen LogP contribution is 2.08. The van der Waals surface area contributed by atoms with Crippen LogP contribution in [0.4, 0.5) is 0 Å². The fraction of sp³-hybridized carbons (Fsp3) is 0.214. The molecule has 0 aliphatic carbocycles. The van der Waals surface area contributed by atoms with Crippen molar-refractivity contribution in [3.63, 3.8) is 0 Å². The van der Waals surface area contributed by atoms with E-state index in [4.69, 9.17) is 0 Å². The Hall–Kier alpha value is -2.23. The van der Waals surface area contributed by atoms with Crippen molar-refractivity contribution >= 4 is 5.91 Å². The zero-order chi connectivity index (χ0) is 12.8. The summed E-state index contributed by atoms with van der Waals surface area (Å²) in [6.07, 6.45) is 7.00. The zero-order valence-corrected chi connectivity index (χ0v) is 10.3. The summed E-state index contributed by atoms with van der Waals surface area (Å²) >= 11 is 0. The normalized spacial score (nSPS) is 10.1. The van der Waals surface area contributed by atoms with Gasteiger partial charge in [-0.3, -0.25) is 14.8 Å². The van der Waals surface area contributed by atoms with Crippen LogP contribution in [0, 0.1) is 0 Å². The summed E-state index contributed by atoms with van der Waals surface area (Å²) in [7, 11) is 0. The lowest BCUT2D eigenvalue weighted by molar-refractivity contribution is -0.130. The molecule has 2 rings (SSSR count). The molecule has 2 aromatic heterocycles. The molecule has 0 aromatic carbocycles. The van der Waals surface area contributed by atoms with Crippen molar-refractivity contribution in [2.75, 3.05) is 0 Å². The van der Waals surface area contributed by atoms with Crippen molar-refractivity contribution < 1.29 is 4.79 Å². The van der Waals surface area contributed by atoms with Gasteiger partial charge in [-0.05, 0) is 23.3 Å². The molecular formula is C14H15N3O. The summed E-state index contributed by atoms with van der Waals surface area (Å²) in [6.45, 7) is 2.71. The third-order valence-corrected chi connectivity index (χ3v) is 2.64. The molecule has 18 heavy (non-hydrogen) atoms. The summed E-state index contributed by atoms with van der Waals surface area (Å²) in [5, 5.41) is 0. The number of hydrogen-bond donors (Lipinski definition) is 0. The molecule has 0 spiro atoms. The smallest absolute Gasteiger partial charge is 0.220 e. The molecule has 92 valence electrons. The second-order valence-electron chi connectivity index (χ2n) is 4.10. The zero-order valence-electron chi connectivity index (χ0n) is 10.3. The van der Waals surface area contributed by atoms with Gasteiger partial charge in [-0.2, -0.15) is 0 Å². The number of carbonyl (C=O) groups is 1. The van der Waals surface area contributed by atoms with Crippen LogP contribution in [0.3, 0.4) is 0 Å². The first kappa shape index (κ1) is 12.2.